The summed E-state index contributed by atoms with van der Waals surface area (Å²) in [6, 6.07) is 9.13. The van der Waals surface area contributed by atoms with Crippen molar-refractivity contribution in [2.45, 2.75) is 0 Å². The van der Waals surface area contributed by atoms with Crippen LogP contribution in [0.2, 0.25) is 10.0 Å². The SMILES string of the molecule is O=C(Nc1c(Cl)cccc1Cl)c1c[nH]c2ccc(F)cc12. The fourth-order valence-electron chi connectivity index (χ4n) is 2.08. The van der Waals surface area contributed by atoms with Crippen molar-refractivity contribution in [3.8, 4) is 0 Å². The molecule has 0 saturated carbocycles. The molecule has 21 heavy (non-hydrogen) atoms. The van der Waals surface area contributed by atoms with Gasteiger partial charge in [0.05, 0.1) is 21.3 Å². The van der Waals surface area contributed by atoms with E-state index >= 15 is 0 Å². The van der Waals surface area contributed by atoms with Crippen molar-refractivity contribution < 1.29 is 9.18 Å². The van der Waals surface area contributed by atoms with Gasteiger partial charge in [0, 0.05) is 17.1 Å². The van der Waals surface area contributed by atoms with Crippen LogP contribution < -0.4 is 5.32 Å². The Labute approximate surface area is 129 Å². The second-order valence-electron chi connectivity index (χ2n) is 4.44. The summed E-state index contributed by atoms with van der Waals surface area (Å²) in [5.74, 6) is -0.825. The quantitative estimate of drug-likeness (QED) is 0.694. The molecular weight excluding hydrogens is 314 g/mol. The monoisotopic (exact) mass is 322 g/mol. The van der Waals surface area contributed by atoms with Gasteiger partial charge in [0.15, 0.2) is 0 Å². The van der Waals surface area contributed by atoms with Crippen LogP contribution in [0.4, 0.5) is 10.1 Å². The van der Waals surface area contributed by atoms with E-state index in [0.29, 0.717) is 32.2 Å². The molecule has 0 unspecified atom stereocenters. The van der Waals surface area contributed by atoms with E-state index in [1.54, 1.807) is 24.3 Å². The molecule has 0 spiro atoms. The molecule has 0 fully saturated rings. The topological polar surface area (TPSA) is 44.9 Å². The second-order valence-corrected chi connectivity index (χ2v) is 5.26. The molecule has 0 aliphatic rings. The van der Waals surface area contributed by atoms with Crippen molar-refractivity contribution in [1.82, 2.24) is 4.98 Å². The lowest BCUT2D eigenvalue weighted by Gasteiger charge is -2.08. The van der Waals surface area contributed by atoms with E-state index in [2.05, 4.69) is 10.3 Å². The third kappa shape index (κ3) is 2.60. The maximum absolute atomic E-state index is 13.3. The number of hydrogen-bond donors (Lipinski definition) is 2. The highest BCUT2D eigenvalue weighted by Gasteiger charge is 2.15. The van der Waals surface area contributed by atoms with Crippen LogP contribution in [0.15, 0.2) is 42.6 Å². The number of para-hydroxylation sites is 1. The van der Waals surface area contributed by atoms with Gasteiger partial charge in [0.1, 0.15) is 5.82 Å². The molecule has 106 valence electrons. The van der Waals surface area contributed by atoms with Gasteiger partial charge in [-0.3, -0.25) is 4.79 Å². The molecule has 0 atom stereocenters. The smallest absolute Gasteiger partial charge is 0.257 e. The average Bonchev–Trinajstić information content (AvgIpc) is 2.86. The number of halogens is 3. The Balaban J connectivity index is 2.00. The van der Waals surface area contributed by atoms with Gasteiger partial charge in [0.25, 0.3) is 5.91 Å². The van der Waals surface area contributed by atoms with Crippen molar-refractivity contribution in [2.75, 3.05) is 5.32 Å². The molecule has 3 rings (SSSR count). The van der Waals surface area contributed by atoms with Crippen molar-refractivity contribution in [1.29, 1.82) is 0 Å². The molecule has 6 heteroatoms. The van der Waals surface area contributed by atoms with Gasteiger partial charge in [-0.05, 0) is 30.3 Å². The minimum Gasteiger partial charge on any atom is -0.360 e. The van der Waals surface area contributed by atoms with Crippen LogP contribution in [0.25, 0.3) is 10.9 Å². The Morgan fingerprint density at radius 2 is 1.86 bits per heavy atom. The van der Waals surface area contributed by atoms with Crippen LogP contribution in [0.5, 0.6) is 0 Å². The number of fused-ring (bicyclic) bond motifs is 1. The minimum atomic E-state index is -0.415. The summed E-state index contributed by atoms with van der Waals surface area (Å²) in [5, 5.41) is 3.81. The first kappa shape index (κ1) is 13.9. The van der Waals surface area contributed by atoms with E-state index in [9.17, 15) is 9.18 Å². The first-order valence-electron chi connectivity index (χ1n) is 6.08. The Morgan fingerprint density at radius 3 is 2.57 bits per heavy atom. The van der Waals surface area contributed by atoms with Crippen LogP contribution in [-0.2, 0) is 0 Å². The summed E-state index contributed by atoms with van der Waals surface area (Å²) in [6.45, 7) is 0. The molecule has 1 heterocycles. The summed E-state index contributed by atoms with van der Waals surface area (Å²) in [6.07, 6.45) is 1.52. The average molecular weight is 323 g/mol. The third-order valence-corrected chi connectivity index (χ3v) is 3.72. The van der Waals surface area contributed by atoms with Crippen LogP contribution in [0.1, 0.15) is 10.4 Å². The highest BCUT2D eigenvalue weighted by atomic mass is 35.5. The zero-order valence-electron chi connectivity index (χ0n) is 10.6. The summed E-state index contributed by atoms with van der Waals surface area (Å²) in [7, 11) is 0. The highest BCUT2D eigenvalue weighted by Crippen LogP contribution is 2.31. The molecule has 2 aromatic carbocycles. The predicted octanol–water partition coefficient (Wildman–Crippen LogP) is 4.87. The Kier molecular flexibility index (Phi) is 3.57. The lowest BCUT2D eigenvalue weighted by molar-refractivity contribution is 0.102. The van der Waals surface area contributed by atoms with Gasteiger partial charge in [0.2, 0.25) is 0 Å². The van der Waals surface area contributed by atoms with Crippen molar-refractivity contribution in [2.24, 2.45) is 0 Å². The number of nitrogens with one attached hydrogen (secondary N) is 2. The summed E-state index contributed by atoms with van der Waals surface area (Å²) < 4.78 is 13.3. The zero-order chi connectivity index (χ0) is 15.0. The predicted molar refractivity (Wildman–Crippen MR) is 82.7 cm³/mol. The highest BCUT2D eigenvalue weighted by molar-refractivity contribution is 6.40. The van der Waals surface area contributed by atoms with Crippen molar-refractivity contribution in [3.05, 3.63) is 64.0 Å². The molecule has 1 amide bonds. The number of carbonyl (C=O) groups excluding carboxylic acids is 1. The normalized spacial score (nSPS) is 10.8. The fraction of sp³-hybridized carbons (Fsp3) is 0. The zero-order valence-corrected chi connectivity index (χ0v) is 12.1. The lowest BCUT2D eigenvalue weighted by Crippen LogP contribution is -2.12. The Morgan fingerprint density at radius 1 is 1.14 bits per heavy atom. The number of aromatic amines is 1. The summed E-state index contributed by atoms with van der Waals surface area (Å²) in [4.78, 5) is 15.3. The molecule has 3 nitrogen and oxygen atoms in total. The third-order valence-electron chi connectivity index (χ3n) is 3.09. The fourth-order valence-corrected chi connectivity index (χ4v) is 2.57. The largest absolute Gasteiger partial charge is 0.360 e. The van der Waals surface area contributed by atoms with Crippen LogP contribution >= 0.6 is 23.2 Å². The molecule has 0 bridgehead atoms. The lowest BCUT2D eigenvalue weighted by atomic mass is 10.1. The first-order valence-corrected chi connectivity index (χ1v) is 6.84. The number of hydrogen-bond acceptors (Lipinski definition) is 1. The number of anilines is 1. The second kappa shape index (κ2) is 5.39. The van der Waals surface area contributed by atoms with Crippen LogP contribution in [-0.4, -0.2) is 10.9 Å². The molecule has 0 aliphatic carbocycles. The molecule has 0 saturated heterocycles. The number of amides is 1. The first-order chi connectivity index (χ1) is 10.1. The molecule has 0 aliphatic heterocycles. The number of H-pyrrole nitrogens is 1. The molecule has 2 N–H and O–H groups in total. The van der Waals surface area contributed by atoms with E-state index in [4.69, 9.17) is 23.2 Å². The summed E-state index contributed by atoms with van der Waals surface area (Å²) >= 11 is 12.0. The molecular formula is C15H9Cl2FN2O. The molecule has 3 aromatic rings. The van der Waals surface area contributed by atoms with Gasteiger partial charge < -0.3 is 10.3 Å². The van der Waals surface area contributed by atoms with E-state index in [1.807, 2.05) is 0 Å². The van der Waals surface area contributed by atoms with Crippen LogP contribution in [0.3, 0.4) is 0 Å². The Bertz CT molecular complexity index is 825. The van der Waals surface area contributed by atoms with E-state index in [0.717, 1.165) is 0 Å². The maximum Gasteiger partial charge on any atom is 0.257 e. The minimum absolute atomic E-state index is 0.320. The van der Waals surface area contributed by atoms with Gasteiger partial charge in [-0.15, -0.1) is 0 Å². The number of aromatic nitrogens is 1. The van der Waals surface area contributed by atoms with Gasteiger partial charge >= 0.3 is 0 Å². The number of benzene rings is 2. The number of rotatable bonds is 2. The van der Waals surface area contributed by atoms with E-state index in [1.165, 1.54) is 18.3 Å². The van der Waals surface area contributed by atoms with Gasteiger partial charge in [-0.1, -0.05) is 29.3 Å². The van der Waals surface area contributed by atoms with Gasteiger partial charge in [-0.25, -0.2) is 4.39 Å². The Hall–Kier alpha value is -2.04. The maximum atomic E-state index is 13.3. The standard InChI is InChI=1S/C15H9Cl2FN2O/c16-11-2-1-3-12(17)14(11)20-15(21)10-7-19-13-5-4-8(18)6-9(10)13/h1-7,19H,(H,20,21). The number of carbonyl (C=O) groups is 1. The van der Waals surface area contributed by atoms with Gasteiger partial charge in [-0.2, -0.15) is 0 Å². The molecule has 1 aromatic heterocycles. The van der Waals surface area contributed by atoms with Crippen molar-refractivity contribution >= 4 is 45.7 Å². The van der Waals surface area contributed by atoms with E-state index in [-0.39, 0.29) is 0 Å². The van der Waals surface area contributed by atoms with Crippen LogP contribution in [0, 0.1) is 5.82 Å². The molecule has 0 radical (unpaired) electrons. The summed E-state index contributed by atoms with van der Waals surface area (Å²) in [5.41, 5.74) is 1.32. The van der Waals surface area contributed by atoms with E-state index < -0.39 is 11.7 Å². The van der Waals surface area contributed by atoms with Crippen molar-refractivity contribution in [3.63, 3.8) is 0 Å².